The maximum atomic E-state index is 13.2. The van der Waals surface area contributed by atoms with Crippen LogP contribution >= 0.6 is 0 Å². The summed E-state index contributed by atoms with van der Waals surface area (Å²) in [5.41, 5.74) is 6.92. The van der Waals surface area contributed by atoms with Crippen LogP contribution in [0.1, 0.15) is 30.9 Å². The maximum Gasteiger partial charge on any atom is 0.124 e. The van der Waals surface area contributed by atoms with E-state index in [0.717, 1.165) is 43.8 Å². The lowest BCUT2D eigenvalue weighted by atomic mass is 9.86. The van der Waals surface area contributed by atoms with Gasteiger partial charge in [-0.05, 0) is 31.0 Å². The topological polar surface area (TPSA) is 44.5 Å². The average Bonchev–Trinajstić information content (AvgIpc) is 2.40. The highest BCUT2D eigenvalue weighted by Crippen LogP contribution is 2.38. The molecule has 1 unspecified atom stereocenters. The summed E-state index contributed by atoms with van der Waals surface area (Å²) in [5.74, 6) is 0.993. The first-order valence-corrected chi connectivity index (χ1v) is 6.53. The van der Waals surface area contributed by atoms with Gasteiger partial charge in [-0.15, -0.1) is 0 Å². The van der Waals surface area contributed by atoms with Gasteiger partial charge in [-0.25, -0.2) is 4.39 Å². The van der Waals surface area contributed by atoms with Crippen molar-refractivity contribution in [1.29, 1.82) is 0 Å². The first-order chi connectivity index (χ1) is 8.74. The van der Waals surface area contributed by atoms with Crippen molar-refractivity contribution in [3.8, 4) is 5.75 Å². The number of nitrogens with two attached hydrogens (primary N) is 1. The van der Waals surface area contributed by atoms with E-state index in [-0.39, 0.29) is 18.0 Å². The molecule has 0 aromatic heterocycles. The minimum absolute atomic E-state index is 0.128. The van der Waals surface area contributed by atoms with Crippen molar-refractivity contribution in [2.75, 3.05) is 13.2 Å². The van der Waals surface area contributed by atoms with E-state index in [1.165, 1.54) is 12.1 Å². The van der Waals surface area contributed by atoms with Crippen molar-refractivity contribution in [3.63, 3.8) is 0 Å². The van der Waals surface area contributed by atoms with Crippen molar-refractivity contribution >= 4 is 0 Å². The lowest BCUT2D eigenvalue weighted by molar-refractivity contribution is 0.00724. The second kappa shape index (κ2) is 4.86. The molecular weight excluding hydrogens is 233 g/mol. The maximum absolute atomic E-state index is 13.2. The zero-order chi connectivity index (χ0) is 12.5. The molecule has 2 atom stereocenters. The van der Waals surface area contributed by atoms with Gasteiger partial charge < -0.3 is 15.2 Å². The Morgan fingerprint density at radius 2 is 2.00 bits per heavy atom. The Morgan fingerprint density at radius 3 is 2.78 bits per heavy atom. The molecule has 1 fully saturated rings. The first-order valence-electron chi connectivity index (χ1n) is 6.53. The van der Waals surface area contributed by atoms with Gasteiger partial charge in [0.15, 0.2) is 0 Å². The highest BCUT2D eigenvalue weighted by Gasteiger charge is 2.32. The molecule has 0 amide bonds. The number of rotatable bonds is 1. The molecule has 2 aliphatic heterocycles. The summed E-state index contributed by atoms with van der Waals surface area (Å²) in [6.45, 7) is 1.60. The first kappa shape index (κ1) is 11.9. The normalized spacial score (nSPS) is 28.6. The van der Waals surface area contributed by atoms with Gasteiger partial charge in [0.25, 0.3) is 0 Å². The minimum atomic E-state index is -0.252. The third kappa shape index (κ3) is 2.22. The molecule has 2 N–H and O–H groups in total. The van der Waals surface area contributed by atoms with Crippen molar-refractivity contribution in [3.05, 3.63) is 29.6 Å². The van der Waals surface area contributed by atoms with E-state index in [9.17, 15) is 4.39 Å². The summed E-state index contributed by atoms with van der Waals surface area (Å²) >= 11 is 0. The van der Waals surface area contributed by atoms with Gasteiger partial charge in [0, 0.05) is 37.2 Å². The Kier molecular flexibility index (Phi) is 3.22. The van der Waals surface area contributed by atoms with E-state index in [1.807, 2.05) is 0 Å². The lowest BCUT2D eigenvalue weighted by Gasteiger charge is -2.36. The van der Waals surface area contributed by atoms with Gasteiger partial charge in [0.1, 0.15) is 17.7 Å². The Bertz CT molecular complexity index is 432. The minimum Gasteiger partial charge on any atom is -0.490 e. The van der Waals surface area contributed by atoms with Gasteiger partial charge >= 0.3 is 0 Å². The van der Waals surface area contributed by atoms with Crippen LogP contribution in [0.15, 0.2) is 18.2 Å². The van der Waals surface area contributed by atoms with Crippen LogP contribution in [0.5, 0.6) is 5.75 Å². The summed E-state index contributed by atoms with van der Waals surface area (Å²) in [4.78, 5) is 0. The van der Waals surface area contributed by atoms with Crippen LogP contribution in [0.4, 0.5) is 4.39 Å². The number of hydrogen-bond acceptors (Lipinski definition) is 3. The Hall–Kier alpha value is -1.13. The zero-order valence-electron chi connectivity index (χ0n) is 10.3. The van der Waals surface area contributed by atoms with Crippen molar-refractivity contribution in [1.82, 2.24) is 0 Å². The fourth-order valence-electron chi connectivity index (χ4n) is 2.88. The smallest absolute Gasteiger partial charge is 0.124 e. The molecular formula is C14H18FNO2. The van der Waals surface area contributed by atoms with Gasteiger partial charge in [-0.3, -0.25) is 0 Å². The van der Waals surface area contributed by atoms with Crippen molar-refractivity contribution in [2.45, 2.75) is 31.4 Å². The Balaban J connectivity index is 1.80. The molecule has 1 aromatic carbocycles. The molecule has 4 heteroatoms. The standard InChI is InChI=1S/C14H18FNO2/c15-10-1-2-13-11(7-10)12(16)8-14(18-13)9-3-5-17-6-4-9/h1-2,7,9,12,14H,3-6,8,16H2/t12-,14?/m0/s1. The van der Waals surface area contributed by atoms with Gasteiger partial charge in [0.05, 0.1) is 0 Å². The molecule has 3 nitrogen and oxygen atoms in total. The van der Waals surface area contributed by atoms with Gasteiger partial charge in [0.2, 0.25) is 0 Å². The van der Waals surface area contributed by atoms with Gasteiger partial charge in [-0.1, -0.05) is 0 Å². The summed E-state index contributed by atoms with van der Waals surface area (Å²) < 4.78 is 24.6. The third-order valence-corrected chi connectivity index (χ3v) is 3.93. The predicted molar refractivity (Wildman–Crippen MR) is 65.9 cm³/mol. The quantitative estimate of drug-likeness (QED) is 0.833. The summed E-state index contributed by atoms with van der Waals surface area (Å²) in [7, 11) is 0. The van der Waals surface area contributed by atoms with E-state index in [4.69, 9.17) is 15.2 Å². The van der Waals surface area contributed by atoms with E-state index in [0.29, 0.717) is 5.92 Å². The number of benzene rings is 1. The lowest BCUT2D eigenvalue weighted by Crippen LogP contribution is -2.37. The van der Waals surface area contributed by atoms with E-state index in [2.05, 4.69) is 0 Å². The number of hydrogen-bond donors (Lipinski definition) is 1. The molecule has 98 valence electrons. The second-order valence-electron chi connectivity index (χ2n) is 5.13. The van der Waals surface area contributed by atoms with E-state index >= 15 is 0 Å². The molecule has 1 aromatic rings. The van der Waals surface area contributed by atoms with Crippen LogP contribution in [-0.4, -0.2) is 19.3 Å². The molecule has 2 aliphatic rings. The van der Waals surface area contributed by atoms with Crippen LogP contribution in [0, 0.1) is 11.7 Å². The van der Waals surface area contributed by atoms with Crippen LogP contribution in [0.3, 0.4) is 0 Å². The van der Waals surface area contributed by atoms with Crippen LogP contribution < -0.4 is 10.5 Å². The van der Waals surface area contributed by atoms with E-state index < -0.39 is 0 Å². The largest absolute Gasteiger partial charge is 0.490 e. The Labute approximate surface area is 106 Å². The predicted octanol–water partition coefficient (Wildman–Crippen LogP) is 2.40. The fraction of sp³-hybridized carbons (Fsp3) is 0.571. The fourth-order valence-corrected chi connectivity index (χ4v) is 2.88. The molecule has 0 spiro atoms. The molecule has 0 radical (unpaired) electrons. The van der Waals surface area contributed by atoms with Crippen LogP contribution in [0.25, 0.3) is 0 Å². The number of fused-ring (bicyclic) bond motifs is 1. The molecule has 0 aliphatic carbocycles. The Morgan fingerprint density at radius 1 is 1.22 bits per heavy atom. The number of ether oxygens (including phenoxy) is 2. The van der Waals surface area contributed by atoms with E-state index in [1.54, 1.807) is 6.07 Å². The SMILES string of the molecule is N[C@H]1CC(C2CCOCC2)Oc2ccc(F)cc21. The molecule has 3 rings (SSSR count). The monoisotopic (exact) mass is 251 g/mol. The average molecular weight is 251 g/mol. The zero-order valence-corrected chi connectivity index (χ0v) is 10.3. The molecule has 1 saturated heterocycles. The molecule has 0 bridgehead atoms. The summed E-state index contributed by atoms with van der Waals surface area (Å²) in [6.07, 6.45) is 2.95. The van der Waals surface area contributed by atoms with Crippen molar-refractivity contribution < 1.29 is 13.9 Å². The highest BCUT2D eigenvalue weighted by atomic mass is 19.1. The van der Waals surface area contributed by atoms with Crippen LogP contribution in [-0.2, 0) is 4.74 Å². The molecule has 2 heterocycles. The summed E-state index contributed by atoms with van der Waals surface area (Å²) in [6, 6.07) is 4.48. The second-order valence-corrected chi connectivity index (χ2v) is 5.13. The highest BCUT2D eigenvalue weighted by molar-refractivity contribution is 5.38. The van der Waals surface area contributed by atoms with Gasteiger partial charge in [-0.2, -0.15) is 0 Å². The number of halogens is 1. The molecule has 0 saturated carbocycles. The third-order valence-electron chi connectivity index (χ3n) is 3.93. The summed E-state index contributed by atoms with van der Waals surface area (Å²) in [5, 5.41) is 0. The van der Waals surface area contributed by atoms with Crippen molar-refractivity contribution in [2.24, 2.45) is 11.7 Å². The van der Waals surface area contributed by atoms with Crippen LogP contribution in [0.2, 0.25) is 0 Å². The molecule has 18 heavy (non-hydrogen) atoms.